The molecule has 4 aromatic rings. The van der Waals surface area contributed by atoms with Gasteiger partial charge in [0.25, 0.3) is 0 Å². The number of rotatable bonds is 2. The summed E-state index contributed by atoms with van der Waals surface area (Å²) in [4.78, 5) is 7.25. The number of imidazole rings is 1. The maximum atomic E-state index is 9.13. The van der Waals surface area contributed by atoms with Crippen LogP contribution in [0.3, 0.4) is 0 Å². The molecular weight excluding hydrogens is 420 g/mol. The highest BCUT2D eigenvalue weighted by molar-refractivity contribution is 5.72. The Morgan fingerprint density at radius 1 is 1.03 bits per heavy atom. The van der Waals surface area contributed by atoms with Gasteiger partial charge in [0, 0.05) is 61.4 Å². The van der Waals surface area contributed by atoms with E-state index in [0.717, 1.165) is 55.4 Å². The van der Waals surface area contributed by atoms with Crippen LogP contribution in [0.5, 0.6) is 0 Å². The summed E-state index contributed by atoms with van der Waals surface area (Å²) < 4.78 is 4.52. The fraction of sp³-hybridized carbons (Fsp3) is 0.286. The maximum absolute atomic E-state index is 9.13. The first-order valence-electron chi connectivity index (χ1n) is 12.0. The molecule has 0 atom stereocenters. The zero-order valence-corrected chi connectivity index (χ0v) is 19.0. The molecule has 1 N–H and O–H groups in total. The normalized spacial score (nSPS) is 17.8. The Labute approximate surface area is 199 Å². The molecule has 0 radical (unpaired) electrons. The second-order valence-electron chi connectivity index (χ2n) is 10.0. The lowest BCUT2D eigenvalue weighted by atomic mass is 9.74. The van der Waals surface area contributed by atoms with Gasteiger partial charge in [0.2, 0.25) is 0 Å². The van der Waals surface area contributed by atoms with E-state index >= 15 is 0 Å². The monoisotopic (exact) mass is 446 g/mol. The summed E-state index contributed by atoms with van der Waals surface area (Å²) >= 11 is 0. The van der Waals surface area contributed by atoms with Crippen LogP contribution in [0.1, 0.15) is 24.0 Å². The molecule has 6 nitrogen and oxygen atoms in total. The van der Waals surface area contributed by atoms with Gasteiger partial charge in [-0.2, -0.15) is 5.26 Å². The summed E-state index contributed by atoms with van der Waals surface area (Å²) in [6.07, 6.45) is 8.78. The molecule has 0 unspecified atom stereocenters. The number of benzene rings is 2. The number of nitrogens with zero attached hydrogens (tertiary/aromatic N) is 5. The first kappa shape index (κ1) is 19.6. The number of nitrogens with one attached hydrogen (secondary N) is 1. The Balaban J connectivity index is 1.24. The van der Waals surface area contributed by atoms with Crippen molar-refractivity contribution in [3.05, 3.63) is 78.2 Å². The molecule has 0 saturated carbocycles. The van der Waals surface area contributed by atoms with Crippen molar-refractivity contribution in [1.29, 1.82) is 5.26 Å². The lowest BCUT2D eigenvalue weighted by Gasteiger charge is -2.53. The molecule has 0 bridgehead atoms. The fourth-order valence-corrected chi connectivity index (χ4v) is 5.97. The average molecular weight is 447 g/mol. The Morgan fingerprint density at radius 3 is 2.71 bits per heavy atom. The lowest BCUT2D eigenvalue weighted by Crippen LogP contribution is -2.62. The molecule has 1 spiro atoms. The van der Waals surface area contributed by atoms with E-state index in [1.807, 2.05) is 30.5 Å². The van der Waals surface area contributed by atoms with Gasteiger partial charge in [-0.05, 0) is 66.9 Å². The average Bonchev–Trinajstić information content (AvgIpc) is 3.48. The topological polar surface area (TPSA) is 61.8 Å². The Hall–Kier alpha value is -3.82. The predicted molar refractivity (Wildman–Crippen MR) is 133 cm³/mol. The molecule has 3 aliphatic rings. The highest BCUT2D eigenvalue weighted by Gasteiger charge is 2.43. The van der Waals surface area contributed by atoms with Crippen LogP contribution >= 0.6 is 0 Å². The second-order valence-corrected chi connectivity index (χ2v) is 10.0. The number of anilines is 1. The first-order valence-corrected chi connectivity index (χ1v) is 12.0. The first-order chi connectivity index (χ1) is 16.7. The molecule has 0 amide bonds. The number of aromatic nitrogens is 3. The third-order valence-corrected chi connectivity index (χ3v) is 7.76. The van der Waals surface area contributed by atoms with Crippen LogP contribution in [0.15, 0.2) is 67.1 Å². The van der Waals surface area contributed by atoms with Crippen LogP contribution in [-0.4, -0.2) is 40.3 Å². The quantitative estimate of drug-likeness (QED) is 0.436. The molecule has 6 heteroatoms. The molecule has 7 rings (SSSR count). The summed E-state index contributed by atoms with van der Waals surface area (Å²) in [5, 5.41) is 12.7. The molecule has 2 fully saturated rings. The van der Waals surface area contributed by atoms with Crippen LogP contribution in [0, 0.1) is 16.7 Å². The van der Waals surface area contributed by atoms with Crippen molar-refractivity contribution < 1.29 is 0 Å². The molecule has 5 heterocycles. The minimum Gasteiger partial charge on any atom is -0.370 e. The van der Waals surface area contributed by atoms with E-state index < -0.39 is 0 Å². The smallest absolute Gasteiger partial charge is 0.161 e. The molecule has 2 aromatic carbocycles. The molecule has 2 aromatic heterocycles. The zero-order valence-electron chi connectivity index (χ0n) is 19.0. The minimum atomic E-state index is 0.464. The van der Waals surface area contributed by atoms with Crippen molar-refractivity contribution in [3.63, 3.8) is 0 Å². The Bertz CT molecular complexity index is 1420. The third-order valence-electron chi connectivity index (χ3n) is 7.76. The predicted octanol–water partition coefficient (Wildman–Crippen LogP) is 4.43. The molecule has 2 saturated heterocycles. The van der Waals surface area contributed by atoms with Crippen molar-refractivity contribution in [1.82, 2.24) is 19.4 Å². The lowest BCUT2D eigenvalue weighted by molar-refractivity contribution is 0.157. The van der Waals surface area contributed by atoms with Crippen molar-refractivity contribution in [2.75, 3.05) is 31.1 Å². The number of piperidine rings is 1. The number of hydrogen-bond donors (Lipinski definition) is 1. The van der Waals surface area contributed by atoms with Crippen LogP contribution in [-0.2, 0) is 6.54 Å². The van der Waals surface area contributed by atoms with Crippen LogP contribution in [0.25, 0.3) is 28.3 Å². The van der Waals surface area contributed by atoms with Gasteiger partial charge in [0.1, 0.15) is 0 Å². The summed E-state index contributed by atoms with van der Waals surface area (Å²) in [5.41, 5.74) is 8.33. The van der Waals surface area contributed by atoms with E-state index in [0.29, 0.717) is 11.0 Å². The Morgan fingerprint density at radius 2 is 1.91 bits per heavy atom. The van der Waals surface area contributed by atoms with Crippen LogP contribution in [0.2, 0.25) is 0 Å². The SMILES string of the molecule is N#Cc1ccc(-c2cc3n(c2)Cc2cc(N4CC5(CCCNC5)C4)ccc2-n2ccnc2-3)cc1. The van der Waals surface area contributed by atoms with E-state index in [1.54, 1.807) is 0 Å². The number of fused-ring (bicyclic) bond motifs is 5. The largest absolute Gasteiger partial charge is 0.370 e. The fourth-order valence-electron chi connectivity index (χ4n) is 5.97. The molecular formula is C28H26N6. The molecule has 168 valence electrons. The summed E-state index contributed by atoms with van der Waals surface area (Å²) in [6.45, 7) is 5.41. The van der Waals surface area contributed by atoms with Gasteiger partial charge in [0.05, 0.1) is 23.0 Å². The molecule has 34 heavy (non-hydrogen) atoms. The minimum absolute atomic E-state index is 0.464. The number of nitriles is 1. The van der Waals surface area contributed by atoms with Crippen LogP contribution < -0.4 is 10.2 Å². The summed E-state index contributed by atoms with van der Waals surface area (Å²) in [7, 11) is 0. The van der Waals surface area contributed by atoms with Crippen molar-refractivity contribution in [2.45, 2.75) is 19.4 Å². The van der Waals surface area contributed by atoms with E-state index in [4.69, 9.17) is 10.2 Å². The standard InChI is InChI=1S/C28H26N6/c29-14-20-2-4-21(5-3-20)22-13-26-27-31-10-11-34(27)25-7-6-24(12-23(25)16-32(26)15-22)33-18-28(19-33)8-1-9-30-17-28/h2-7,10-13,15,30H,1,8-9,16-19H2. The second kappa shape index (κ2) is 7.34. The summed E-state index contributed by atoms with van der Waals surface area (Å²) in [5.74, 6) is 0.961. The van der Waals surface area contributed by atoms with Gasteiger partial charge in [-0.3, -0.25) is 4.57 Å². The van der Waals surface area contributed by atoms with Crippen molar-refractivity contribution >= 4 is 5.69 Å². The van der Waals surface area contributed by atoms with Gasteiger partial charge in [-0.1, -0.05) is 12.1 Å². The van der Waals surface area contributed by atoms with Gasteiger partial charge in [-0.15, -0.1) is 0 Å². The summed E-state index contributed by atoms with van der Waals surface area (Å²) in [6, 6.07) is 19.1. The Kier molecular flexibility index (Phi) is 4.24. The van der Waals surface area contributed by atoms with Crippen molar-refractivity contribution in [2.24, 2.45) is 5.41 Å². The van der Waals surface area contributed by atoms with Crippen LogP contribution in [0.4, 0.5) is 5.69 Å². The van der Waals surface area contributed by atoms with E-state index in [1.165, 1.54) is 29.8 Å². The van der Waals surface area contributed by atoms with Crippen molar-refractivity contribution in [3.8, 4) is 34.4 Å². The molecule has 0 aliphatic carbocycles. The van der Waals surface area contributed by atoms with Gasteiger partial charge in [0.15, 0.2) is 5.82 Å². The van der Waals surface area contributed by atoms with E-state index in [2.05, 4.69) is 62.1 Å². The highest BCUT2D eigenvalue weighted by atomic mass is 15.2. The molecule has 3 aliphatic heterocycles. The third kappa shape index (κ3) is 3.01. The van der Waals surface area contributed by atoms with Gasteiger partial charge in [-0.25, -0.2) is 4.98 Å². The highest BCUT2D eigenvalue weighted by Crippen LogP contribution is 2.41. The van der Waals surface area contributed by atoms with Gasteiger partial charge < -0.3 is 14.8 Å². The van der Waals surface area contributed by atoms with Gasteiger partial charge >= 0.3 is 0 Å². The van der Waals surface area contributed by atoms with E-state index in [-0.39, 0.29) is 0 Å². The number of hydrogen-bond acceptors (Lipinski definition) is 4. The van der Waals surface area contributed by atoms with E-state index in [9.17, 15) is 0 Å². The maximum Gasteiger partial charge on any atom is 0.161 e. The zero-order chi connectivity index (χ0) is 22.7.